The van der Waals surface area contributed by atoms with Gasteiger partial charge in [-0.1, -0.05) is 24.3 Å². The molecule has 0 aromatic heterocycles. The topological polar surface area (TPSA) is 70.0 Å². The fourth-order valence-electron chi connectivity index (χ4n) is 4.12. The van der Waals surface area contributed by atoms with Gasteiger partial charge in [0, 0.05) is 18.8 Å². The van der Waals surface area contributed by atoms with Crippen molar-refractivity contribution in [1.29, 1.82) is 0 Å². The van der Waals surface area contributed by atoms with E-state index < -0.39 is 6.04 Å². The predicted molar refractivity (Wildman–Crippen MR) is 103 cm³/mol. The molecule has 1 amide bonds. The Kier molecular flexibility index (Phi) is 4.30. The number of phenolic OH excluding ortho intramolecular Hbond substituents is 1. The molecule has 2 aromatic rings. The minimum atomic E-state index is -0.610. The van der Waals surface area contributed by atoms with Crippen LogP contribution in [0.2, 0.25) is 0 Å². The van der Waals surface area contributed by atoms with E-state index in [0.29, 0.717) is 6.54 Å². The summed E-state index contributed by atoms with van der Waals surface area (Å²) in [7, 11) is 0. The maximum Gasteiger partial charge on any atom is 0.258 e. The molecule has 2 aliphatic rings. The molecule has 2 heterocycles. The van der Waals surface area contributed by atoms with Gasteiger partial charge in [0.25, 0.3) is 5.91 Å². The second-order valence-corrected chi connectivity index (χ2v) is 7.24. The number of nitrogens with zero attached hydrogens (tertiary/aromatic N) is 2. The average Bonchev–Trinajstić information content (AvgIpc) is 2.95. The highest BCUT2D eigenvalue weighted by Crippen LogP contribution is 2.37. The van der Waals surface area contributed by atoms with Gasteiger partial charge in [0.05, 0.1) is 5.56 Å². The summed E-state index contributed by atoms with van der Waals surface area (Å²) >= 11 is 0. The van der Waals surface area contributed by atoms with E-state index in [9.17, 15) is 14.7 Å². The summed E-state index contributed by atoms with van der Waals surface area (Å²) in [5.41, 5.74) is 4.86. The lowest BCUT2D eigenvalue weighted by atomic mass is 9.96. The largest absolute Gasteiger partial charge is 0.507 e. The molecule has 5 nitrogen and oxygen atoms in total. The van der Waals surface area contributed by atoms with Crippen LogP contribution in [-0.4, -0.2) is 34.0 Å². The quantitative estimate of drug-likeness (QED) is 0.890. The number of aromatic hydroxyl groups is 1. The molecule has 1 N–H and O–H groups in total. The molecule has 27 heavy (non-hydrogen) atoms. The van der Waals surface area contributed by atoms with Gasteiger partial charge in [-0.05, 0) is 61.1 Å². The Balaban J connectivity index is 1.76. The fraction of sp³-hybridized carbons (Fsp3) is 0.318. The lowest BCUT2D eigenvalue weighted by molar-refractivity contribution is -0.121. The second-order valence-electron chi connectivity index (χ2n) is 7.24. The highest BCUT2D eigenvalue weighted by atomic mass is 16.3. The van der Waals surface area contributed by atoms with E-state index >= 15 is 0 Å². The van der Waals surface area contributed by atoms with Crippen LogP contribution in [0.5, 0.6) is 5.75 Å². The lowest BCUT2D eigenvalue weighted by Crippen LogP contribution is -2.33. The standard InChI is InChI=1S/C22H22N2O3/c1-13-18-11-19(20(26)10-15(18)7-5-9-23-13)22(27)24-12-16-6-3-4-8-17(16)21(24)14(2)25/h3-4,6,8,10-11,21,26H,5,7,9,12H2,1-2H3. The molecule has 0 spiro atoms. The van der Waals surface area contributed by atoms with E-state index in [1.54, 1.807) is 17.0 Å². The maximum atomic E-state index is 13.3. The number of fused-ring (bicyclic) bond motifs is 2. The summed E-state index contributed by atoms with van der Waals surface area (Å²) in [5.74, 6) is -0.448. The van der Waals surface area contributed by atoms with E-state index in [2.05, 4.69) is 4.99 Å². The molecule has 1 atom stereocenters. The predicted octanol–water partition coefficient (Wildman–Crippen LogP) is 3.43. The molecule has 138 valence electrons. The number of benzene rings is 2. The zero-order valence-corrected chi connectivity index (χ0v) is 15.5. The minimum Gasteiger partial charge on any atom is -0.507 e. The summed E-state index contributed by atoms with van der Waals surface area (Å²) in [5, 5.41) is 10.5. The molecule has 2 aliphatic heterocycles. The minimum absolute atomic E-state index is 0.0355. The molecule has 0 radical (unpaired) electrons. The van der Waals surface area contributed by atoms with Crippen molar-refractivity contribution in [3.05, 3.63) is 64.2 Å². The third kappa shape index (κ3) is 2.93. The summed E-state index contributed by atoms with van der Waals surface area (Å²) in [6, 6.07) is 10.4. The highest BCUT2D eigenvalue weighted by molar-refractivity contribution is 6.06. The molecular formula is C22H22N2O3. The van der Waals surface area contributed by atoms with Crippen LogP contribution in [0.3, 0.4) is 0 Å². The van der Waals surface area contributed by atoms with Crippen LogP contribution in [0.1, 0.15) is 58.9 Å². The summed E-state index contributed by atoms with van der Waals surface area (Å²) in [4.78, 5) is 31.7. The van der Waals surface area contributed by atoms with E-state index in [1.807, 2.05) is 31.2 Å². The van der Waals surface area contributed by atoms with Gasteiger partial charge >= 0.3 is 0 Å². The molecule has 1 unspecified atom stereocenters. The molecule has 0 fully saturated rings. The lowest BCUT2D eigenvalue weighted by Gasteiger charge is -2.24. The molecule has 0 bridgehead atoms. The van der Waals surface area contributed by atoms with Crippen LogP contribution in [0.15, 0.2) is 41.4 Å². The van der Waals surface area contributed by atoms with Crippen LogP contribution in [0.4, 0.5) is 0 Å². The van der Waals surface area contributed by atoms with Crippen LogP contribution >= 0.6 is 0 Å². The van der Waals surface area contributed by atoms with Crippen LogP contribution in [0, 0.1) is 0 Å². The van der Waals surface area contributed by atoms with Gasteiger partial charge in [-0.25, -0.2) is 0 Å². The maximum absolute atomic E-state index is 13.3. The van der Waals surface area contributed by atoms with Gasteiger partial charge in [0.2, 0.25) is 0 Å². The number of carbonyl (C=O) groups excluding carboxylic acids is 2. The first-order valence-corrected chi connectivity index (χ1v) is 9.24. The number of carbonyl (C=O) groups is 2. The zero-order chi connectivity index (χ0) is 19.1. The van der Waals surface area contributed by atoms with Crippen molar-refractivity contribution >= 4 is 17.4 Å². The number of aliphatic imine (C=N–C) groups is 1. The molecule has 4 rings (SSSR count). The Morgan fingerprint density at radius 3 is 2.74 bits per heavy atom. The molecular weight excluding hydrogens is 340 g/mol. The highest BCUT2D eigenvalue weighted by Gasteiger charge is 2.37. The smallest absolute Gasteiger partial charge is 0.258 e. The van der Waals surface area contributed by atoms with Crippen molar-refractivity contribution in [2.75, 3.05) is 6.54 Å². The fourth-order valence-corrected chi connectivity index (χ4v) is 4.12. The normalized spacial score (nSPS) is 18.4. The first kappa shape index (κ1) is 17.5. The summed E-state index contributed by atoms with van der Waals surface area (Å²) < 4.78 is 0. The van der Waals surface area contributed by atoms with Crippen LogP contribution in [0.25, 0.3) is 0 Å². The van der Waals surface area contributed by atoms with E-state index in [0.717, 1.165) is 47.4 Å². The average molecular weight is 362 g/mol. The van der Waals surface area contributed by atoms with Gasteiger partial charge in [0.15, 0.2) is 5.78 Å². The number of hydrogen-bond donors (Lipinski definition) is 1. The van der Waals surface area contributed by atoms with Crippen molar-refractivity contribution in [3.63, 3.8) is 0 Å². The van der Waals surface area contributed by atoms with Crippen molar-refractivity contribution < 1.29 is 14.7 Å². The zero-order valence-electron chi connectivity index (χ0n) is 15.5. The number of ketones is 1. The van der Waals surface area contributed by atoms with Gasteiger partial charge in [0.1, 0.15) is 11.8 Å². The van der Waals surface area contributed by atoms with Crippen LogP contribution in [-0.2, 0) is 17.8 Å². The molecule has 2 aromatic carbocycles. The number of aryl methyl sites for hydroxylation is 1. The van der Waals surface area contributed by atoms with Crippen molar-refractivity contribution in [2.24, 2.45) is 4.99 Å². The Bertz CT molecular complexity index is 978. The Morgan fingerprint density at radius 1 is 1.19 bits per heavy atom. The van der Waals surface area contributed by atoms with Gasteiger partial charge in [-0.15, -0.1) is 0 Å². The van der Waals surface area contributed by atoms with E-state index in [-0.39, 0.29) is 23.0 Å². The number of Topliss-reactive ketones (excluding diaryl/α,β-unsaturated/α-hetero) is 1. The Morgan fingerprint density at radius 2 is 1.96 bits per heavy atom. The molecule has 0 saturated carbocycles. The number of hydrogen-bond acceptors (Lipinski definition) is 4. The van der Waals surface area contributed by atoms with Crippen molar-refractivity contribution in [1.82, 2.24) is 4.90 Å². The Labute approximate surface area is 158 Å². The summed E-state index contributed by atoms with van der Waals surface area (Å²) in [6.45, 7) is 4.54. The first-order chi connectivity index (χ1) is 13.0. The van der Waals surface area contributed by atoms with Crippen molar-refractivity contribution in [2.45, 2.75) is 39.3 Å². The number of rotatable bonds is 2. The third-order valence-electron chi connectivity index (χ3n) is 5.44. The molecule has 0 aliphatic carbocycles. The van der Waals surface area contributed by atoms with E-state index in [1.165, 1.54) is 6.92 Å². The van der Waals surface area contributed by atoms with Crippen molar-refractivity contribution in [3.8, 4) is 5.75 Å². The van der Waals surface area contributed by atoms with Gasteiger partial charge in [-0.3, -0.25) is 14.6 Å². The number of amides is 1. The van der Waals surface area contributed by atoms with Crippen LogP contribution < -0.4 is 0 Å². The van der Waals surface area contributed by atoms with Gasteiger partial charge in [-0.2, -0.15) is 0 Å². The Hall–Kier alpha value is -2.95. The molecule has 0 saturated heterocycles. The third-order valence-corrected chi connectivity index (χ3v) is 5.44. The summed E-state index contributed by atoms with van der Waals surface area (Å²) in [6.07, 6.45) is 1.74. The number of phenols is 1. The monoisotopic (exact) mass is 362 g/mol. The second kappa shape index (κ2) is 6.65. The van der Waals surface area contributed by atoms with Gasteiger partial charge < -0.3 is 10.0 Å². The SMILES string of the molecule is CC(=O)C1c2ccccc2CN1C(=O)c1cc2c(cc1O)CCCN=C2C. The molecule has 5 heteroatoms. The van der Waals surface area contributed by atoms with E-state index in [4.69, 9.17) is 0 Å². The first-order valence-electron chi connectivity index (χ1n) is 9.24.